The highest BCUT2D eigenvalue weighted by molar-refractivity contribution is 5.80. The molecule has 0 saturated carbocycles. The third-order valence-corrected chi connectivity index (χ3v) is 5.62. The number of unbranched alkanes of at least 4 members (excludes halogenated alkanes) is 1. The highest BCUT2D eigenvalue weighted by Crippen LogP contribution is 2.19. The van der Waals surface area contributed by atoms with Crippen molar-refractivity contribution in [3.05, 3.63) is 99.6 Å². The van der Waals surface area contributed by atoms with E-state index in [4.69, 9.17) is 9.72 Å². The molecule has 0 N–H and O–H groups in total. The fraction of sp³-hybridized carbons (Fsp3) is 0.214. The van der Waals surface area contributed by atoms with Gasteiger partial charge in [-0.1, -0.05) is 49.8 Å². The Morgan fingerprint density at radius 1 is 0.938 bits per heavy atom. The topological polar surface area (TPSA) is 44.1 Å². The van der Waals surface area contributed by atoms with E-state index >= 15 is 0 Å². The van der Waals surface area contributed by atoms with Crippen LogP contribution in [0.1, 0.15) is 42.3 Å². The van der Waals surface area contributed by atoms with Crippen molar-refractivity contribution in [3.63, 3.8) is 0 Å². The molecule has 0 bridgehead atoms. The van der Waals surface area contributed by atoms with E-state index in [1.54, 1.807) is 4.57 Å². The summed E-state index contributed by atoms with van der Waals surface area (Å²) in [5, 5.41) is 0.608. The number of benzene rings is 3. The van der Waals surface area contributed by atoms with Crippen molar-refractivity contribution in [1.82, 2.24) is 9.55 Å². The highest BCUT2D eigenvalue weighted by Gasteiger charge is 2.11. The van der Waals surface area contributed by atoms with E-state index in [0.29, 0.717) is 16.7 Å². The first-order chi connectivity index (χ1) is 15.6. The van der Waals surface area contributed by atoms with Crippen LogP contribution in [-0.2, 0) is 0 Å². The summed E-state index contributed by atoms with van der Waals surface area (Å²) in [5.41, 5.74) is 4.78. The Morgan fingerprint density at radius 3 is 2.47 bits per heavy atom. The molecule has 0 fully saturated rings. The molecule has 3 aromatic carbocycles. The molecule has 0 amide bonds. The van der Waals surface area contributed by atoms with Gasteiger partial charge < -0.3 is 4.74 Å². The summed E-state index contributed by atoms with van der Waals surface area (Å²) < 4.78 is 7.43. The highest BCUT2D eigenvalue weighted by atomic mass is 16.5. The fourth-order valence-corrected chi connectivity index (χ4v) is 3.56. The van der Waals surface area contributed by atoms with Crippen molar-refractivity contribution in [1.29, 1.82) is 0 Å². The summed E-state index contributed by atoms with van der Waals surface area (Å²) in [4.78, 5) is 18.2. The van der Waals surface area contributed by atoms with Crippen molar-refractivity contribution in [2.75, 3.05) is 6.61 Å². The zero-order chi connectivity index (χ0) is 22.5. The van der Waals surface area contributed by atoms with E-state index in [-0.39, 0.29) is 5.56 Å². The molecular weight excluding hydrogens is 396 g/mol. The van der Waals surface area contributed by atoms with Crippen molar-refractivity contribution in [2.45, 2.75) is 33.6 Å². The van der Waals surface area contributed by atoms with E-state index in [0.717, 1.165) is 42.0 Å². The molecule has 4 rings (SSSR count). The zero-order valence-electron chi connectivity index (χ0n) is 18.8. The second-order valence-corrected chi connectivity index (χ2v) is 8.00. The number of rotatable bonds is 7. The lowest BCUT2D eigenvalue weighted by Gasteiger charge is -2.13. The van der Waals surface area contributed by atoms with Gasteiger partial charge in [0, 0.05) is 0 Å². The van der Waals surface area contributed by atoms with Crippen LogP contribution in [0.3, 0.4) is 0 Å². The molecular formula is C28H28N2O2. The van der Waals surface area contributed by atoms with Crippen molar-refractivity contribution in [2.24, 2.45) is 0 Å². The van der Waals surface area contributed by atoms with Gasteiger partial charge in [-0.2, -0.15) is 0 Å². The van der Waals surface area contributed by atoms with E-state index in [9.17, 15) is 4.79 Å². The van der Waals surface area contributed by atoms with Crippen LogP contribution in [0.15, 0.2) is 71.5 Å². The first-order valence-corrected chi connectivity index (χ1v) is 11.1. The average molecular weight is 425 g/mol. The molecule has 4 nitrogen and oxygen atoms in total. The van der Waals surface area contributed by atoms with Crippen LogP contribution in [0.25, 0.3) is 28.7 Å². The van der Waals surface area contributed by atoms with E-state index in [1.807, 2.05) is 78.9 Å². The summed E-state index contributed by atoms with van der Waals surface area (Å²) in [6.45, 7) is 7.00. The van der Waals surface area contributed by atoms with E-state index in [2.05, 4.69) is 20.8 Å². The smallest absolute Gasteiger partial charge is 0.266 e. The summed E-state index contributed by atoms with van der Waals surface area (Å²) in [6, 6.07) is 21.5. The monoisotopic (exact) mass is 424 g/mol. The van der Waals surface area contributed by atoms with Crippen LogP contribution in [0, 0.1) is 13.8 Å². The standard InChI is InChI=1S/C28H28N2O2/c1-4-5-18-32-24-15-11-22(12-16-24)13-17-27-29-26-9-7-6-8-25(26)28(31)30(27)23-14-10-20(2)21(3)19-23/h6-17,19H,4-5,18H2,1-3H3. The largest absolute Gasteiger partial charge is 0.494 e. The molecule has 0 radical (unpaired) electrons. The van der Waals surface area contributed by atoms with Gasteiger partial charge in [0.1, 0.15) is 11.6 Å². The SMILES string of the molecule is CCCCOc1ccc(C=Cc2nc3ccccc3c(=O)n2-c2ccc(C)c(C)c2)cc1. The third kappa shape index (κ3) is 4.65. The number of aryl methyl sites for hydroxylation is 2. The van der Waals surface area contributed by atoms with E-state index < -0.39 is 0 Å². The lowest BCUT2D eigenvalue weighted by atomic mass is 10.1. The zero-order valence-corrected chi connectivity index (χ0v) is 18.8. The minimum atomic E-state index is -0.0711. The normalized spacial score (nSPS) is 11.3. The maximum Gasteiger partial charge on any atom is 0.266 e. The molecule has 162 valence electrons. The number of hydrogen-bond donors (Lipinski definition) is 0. The predicted octanol–water partition coefficient (Wildman–Crippen LogP) is 6.35. The molecule has 0 spiro atoms. The molecule has 0 saturated heterocycles. The number of fused-ring (bicyclic) bond motifs is 1. The summed E-state index contributed by atoms with van der Waals surface area (Å²) in [7, 11) is 0. The average Bonchev–Trinajstić information content (AvgIpc) is 2.81. The molecule has 32 heavy (non-hydrogen) atoms. The van der Waals surface area contributed by atoms with Crippen molar-refractivity contribution < 1.29 is 4.74 Å². The second-order valence-electron chi connectivity index (χ2n) is 8.00. The summed E-state index contributed by atoms with van der Waals surface area (Å²) >= 11 is 0. The number of nitrogens with zero attached hydrogens (tertiary/aromatic N) is 2. The van der Waals surface area contributed by atoms with Gasteiger partial charge in [-0.15, -0.1) is 0 Å². The first kappa shape index (κ1) is 21.6. The minimum absolute atomic E-state index is 0.0711. The lowest BCUT2D eigenvalue weighted by molar-refractivity contribution is 0.309. The fourth-order valence-electron chi connectivity index (χ4n) is 3.56. The van der Waals surface area contributed by atoms with Gasteiger partial charge in [0.25, 0.3) is 5.56 Å². The molecule has 0 aliphatic heterocycles. The Bertz CT molecular complexity index is 1320. The maximum absolute atomic E-state index is 13.4. The Balaban J connectivity index is 1.74. The lowest BCUT2D eigenvalue weighted by Crippen LogP contribution is -2.22. The van der Waals surface area contributed by atoms with Crippen LogP contribution in [0.2, 0.25) is 0 Å². The summed E-state index contributed by atoms with van der Waals surface area (Å²) in [5.74, 6) is 1.46. The Morgan fingerprint density at radius 2 is 1.72 bits per heavy atom. The van der Waals surface area contributed by atoms with Crippen LogP contribution in [-0.4, -0.2) is 16.2 Å². The first-order valence-electron chi connectivity index (χ1n) is 11.1. The van der Waals surface area contributed by atoms with Gasteiger partial charge in [0.05, 0.1) is 23.2 Å². The molecule has 4 aromatic rings. The van der Waals surface area contributed by atoms with Gasteiger partial charge in [-0.25, -0.2) is 4.98 Å². The quantitative estimate of drug-likeness (QED) is 0.325. The maximum atomic E-state index is 13.4. The van der Waals surface area contributed by atoms with Gasteiger partial charge >= 0.3 is 0 Å². The van der Waals surface area contributed by atoms with Crippen LogP contribution < -0.4 is 10.3 Å². The number of aromatic nitrogens is 2. The Labute approximate surface area is 188 Å². The molecule has 1 aromatic heterocycles. The molecule has 1 heterocycles. The van der Waals surface area contributed by atoms with Gasteiger partial charge in [0.2, 0.25) is 0 Å². The van der Waals surface area contributed by atoms with Crippen molar-refractivity contribution >= 4 is 23.1 Å². The number of hydrogen-bond acceptors (Lipinski definition) is 3. The molecule has 0 aliphatic carbocycles. The van der Waals surface area contributed by atoms with E-state index in [1.165, 1.54) is 5.56 Å². The van der Waals surface area contributed by atoms with Gasteiger partial charge in [0.15, 0.2) is 0 Å². The molecule has 0 unspecified atom stereocenters. The van der Waals surface area contributed by atoms with Gasteiger partial charge in [-0.05, 0) is 79.4 Å². The second kappa shape index (κ2) is 9.65. The number of ether oxygens (including phenoxy) is 1. The minimum Gasteiger partial charge on any atom is -0.494 e. The molecule has 4 heteroatoms. The number of para-hydroxylation sites is 1. The summed E-state index contributed by atoms with van der Waals surface area (Å²) in [6.07, 6.45) is 6.03. The Kier molecular flexibility index (Phi) is 6.50. The third-order valence-electron chi connectivity index (χ3n) is 5.62. The predicted molar refractivity (Wildman–Crippen MR) is 133 cm³/mol. The van der Waals surface area contributed by atoms with Gasteiger partial charge in [-0.3, -0.25) is 9.36 Å². The molecule has 0 aliphatic rings. The molecule has 0 atom stereocenters. The van der Waals surface area contributed by atoms with Crippen molar-refractivity contribution in [3.8, 4) is 11.4 Å². The van der Waals surface area contributed by atoms with Crippen LogP contribution in [0.5, 0.6) is 5.75 Å². The Hall–Kier alpha value is -3.66. The van der Waals surface area contributed by atoms with Crippen LogP contribution >= 0.6 is 0 Å². The van der Waals surface area contributed by atoms with Crippen LogP contribution in [0.4, 0.5) is 0 Å².